The van der Waals surface area contributed by atoms with Gasteiger partial charge in [-0.2, -0.15) is 4.98 Å². The molecule has 0 saturated carbocycles. The van der Waals surface area contributed by atoms with E-state index in [2.05, 4.69) is 17.1 Å². The first-order valence-corrected chi connectivity index (χ1v) is 6.98. The molecule has 0 aromatic carbocycles. The Morgan fingerprint density at radius 2 is 2.35 bits per heavy atom. The lowest BCUT2D eigenvalue weighted by Crippen LogP contribution is -2.00. The Hall–Kier alpha value is -1.43. The fourth-order valence-corrected chi connectivity index (χ4v) is 2.49. The van der Waals surface area contributed by atoms with Crippen LogP contribution in [0.5, 0.6) is 0 Å². The molecule has 0 bridgehead atoms. The van der Waals surface area contributed by atoms with Crippen molar-refractivity contribution in [3.63, 3.8) is 0 Å². The lowest BCUT2D eigenvalue weighted by atomic mass is 10.3. The van der Waals surface area contributed by atoms with Crippen LogP contribution in [-0.4, -0.2) is 20.1 Å². The van der Waals surface area contributed by atoms with E-state index in [0.717, 1.165) is 18.4 Å². The van der Waals surface area contributed by atoms with Crippen molar-refractivity contribution in [2.24, 2.45) is 0 Å². The van der Waals surface area contributed by atoms with Gasteiger partial charge in [-0.05, 0) is 12.5 Å². The Kier molecular flexibility index (Phi) is 4.08. The third kappa shape index (κ3) is 3.26. The van der Waals surface area contributed by atoms with Gasteiger partial charge in [-0.1, -0.05) is 18.5 Å². The van der Waals surface area contributed by atoms with Crippen LogP contribution in [0.25, 0.3) is 11.4 Å². The van der Waals surface area contributed by atoms with Crippen molar-refractivity contribution in [1.29, 1.82) is 0 Å². The van der Waals surface area contributed by atoms with Crippen LogP contribution in [0.3, 0.4) is 0 Å². The van der Waals surface area contributed by atoms with Gasteiger partial charge < -0.3 is 8.94 Å². The smallest absolute Gasteiger partial charge is 0.239 e. The van der Waals surface area contributed by atoms with Gasteiger partial charge in [0.15, 0.2) is 0 Å². The van der Waals surface area contributed by atoms with Gasteiger partial charge in [0.1, 0.15) is 12.0 Å². The molecule has 2 aromatic heterocycles. The lowest BCUT2D eigenvalue weighted by Gasteiger charge is -1.95. The summed E-state index contributed by atoms with van der Waals surface area (Å²) in [4.78, 5) is 4.17. The minimum atomic E-state index is -0.924. The molecule has 0 amide bonds. The minimum Gasteiger partial charge on any atom is -0.472 e. The van der Waals surface area contributed by atoms with E-state index in [0.29, 0.717) is 23.2 Å². The summed E-state index contributed by atoms with van der Waals surface area (Å²) >= 11 is 0. The summed E-state index contributed by atoms with van der Waals surface area (Å²) in [5.74, 6) is 1.89. The molecule has 6 heteroatoms. The average molecular weight is 254 g/mol. The highest BCUT2D eigenvalue weighted by Crippen LogP contribution is 2.16. The van der Waals surface area contributed by atoms with Crippen molar-refractivity contribution in [3.05, 3.63) is 24.5 Å². The van der Waals surface area contributed by atoms with Crippen molar-refractivity contribution < 1.29 is 13.1 Å². The molecule has 0 fully saturated rings. The van der Waals surface area contributed by atoms with Gasteiger partial charge in [-0.3, -0.25) is 4.21 Å². The fourth-order valence-electron chi connectivity index (χ4n) is 1.34. The van der Waals surface area contributed by atoms with Crippen LogP contribution in [0.1, 0.15) is 25.7 Å². The second kappa shape index (κ2) is 5.77. The molecule has 1 atom stereocenters. The van der Waals surface area contributed by atoms with E-state index in [1.165, 1.54) is 0 Å². The highest BCUT2D eigenvalue weighted by Gasteiger charge is 2.11. The molecule has 0 aliphatic carbocycles. The Morgan fingerprint density at radius 3 is 3.06 bits per heavy atom. The summed E-state index contributed by atoms with van der Waals surface area (Å²) in [6.45, 7) is 2.07. The third-order valence-electron chi connectivity index (χ3n) is 2.26. The molecule has 2 rings (SSSR count). The van der Waals surface area contributed by atoms with Crippen molar-refractivity contribution in [1.82, 2.24) is 10.1 Å². The maximum Gasteiger partial charge on any atom is 0.239 e. The van der Waals surface area contributed by atoms with Crippen molar-refractivity contribution in [2.75, 3.05) is 5.75 Å². The van der Waals surface area contributed by atoms with E-state index in [4.69, 9.17) is 8.94 Å². The zero-order valence-corrected chi connectivity index (χ0v) is 10.4. The lowest BCUT2D eigenvalue weighted by molar-refractivity contribution is 0.390. The highest BCUT2D eigenvalue weighted by molar-refractivity contribution is 7.84. The average Bonchev–Trinajstić information content (AvgIpc) is 2.95. The first-order chi connectivity index (χ1) is 8.29. The van der Waals surface area contributed by atoms with Crippen molar-refractivity contribution in [2.45, 2.75) is 25.5 Å². The summed E-state index contributed by atoms with van der Waals surface area (Å²) in [5.41, 5.74) is 0.763. The zero-order chi connectivity index (χ0) is 12.1. The van der Waals surface area contributed by atoms with E-state index in [-0.39, 0.29) is 0 Å². The standard InChI is InChI=1S/C11H14N2O3S/c1-2-3-6-17(14)8-10-12-11(13-16-10)9-4-5-15-7-9/h4-5,7H,2-3,6,8H2,1H3/t17-/m1/s1. The number of furan rings is 1. The topological polar surface area (TPSA) is 69.1 Å². The van der Waals surface area contributed by atoms with Crippen LogP contribution in [-0.2, 0) is 16.6 Å². The summed E-state index contributed by atoms with van der Waals surface area (Å²) < 4.78 is 21.6. The van der Waals surface area contributed by atoms with Crippen LogP contribution in [0.15, 0.2) is 27.5 Å². The first kappa shape index (κ1) is 12.0. The second-order valence-corrected chi connectivity index (χ2v) is 5.24. The molecule has 5 nitrogen and oxygen atoms in total. The Morgan fingerprint density at radius 1 is 1.47 bits per heavy atom. The van der Waals surface area contributed by atoms with E-state index in [1.54, 1.807) is 18.6 Å². The summed E-state index contributed by atoms with van der Waals surface area (Å²) in [5, 5.41) is 3.81. The molecule has 2 heterocycles. The van der Waals surface area contributed by atoms with Crippen LogP contribution < -0.4 is 0 Å². The number of hydrogen-bond acceptors (Lipinski definition) is 5. The number of nitrogens with zero attached hydrogens (tertiary/aromatic N) is 2. The number of hydrogen-bond donors (Lipinski definition) is 0. The quantitative estimate of drug-likeness (QED) is 0.791. The zero-order valence-electron chi connectivity index (χ0n) is 9.59. The minimum absolute atomic E-state index is 0.324. The maximum absolute atomic E-state index is 11.6. The predicted molar refractivity (Wildman–Crippen MR) is 63.6 cm³/mol. The fraction of sp³-hybridized carbons (Fsp3) is 0.455. The SMILES string of the molecule is CCCC[S@@](=O)Cc1nc(-c2ccoc2)no1. The molecule has 0 saturated heterocycles. The van der Waals surface area contributed by atoms with Crippen LogP contribution in [0, 0.1) is 0 Å². The first-order valence-electron chi connectivity index (χ1n) is 5.49. The summed E-state index contributed by atoms with van der Waals surface area (Å²) in [7, 11) is -0.924. The van der Waals surface area contributed by atoms with Gasteiger partial charge >= 0.3 is 0 Å². The summed E-state index contributed by atoms with van der Waals surface area (Å²) in [6, 6.07) is 1.75. The molecule has 2 aromatic rings. The van der Waals surface area contributed by atoms with Crippen molar-refractivity contribution in [3.8, 4) is 11.4 Å². The summed E-state index contributed by atoms with van der Waals surface area (Å²) in [6.07, 6.45) is 5.08. The number of unbranched alkanes of at least 4 members (excludes halogenated alkanes) is 1. The van der Waals surface area contributed by atoms with E-state index in [1.807, 2.05) is 0 Å². The Balaban J connectivity index is 1.97. The molecule has 0 radical (unpaired) electrons. The molecule has 0 unspecified atom stereocenters. The second-order valence-electron chi connectivity index (χ2n) is 3.67. The molecule has 0 aliphatic rings. The van der Waals surface area contributed by atoms with Crippen LogP contribution in [0.4, 0.5) is 0 Å². The van der Waals surface area contributed by atoms with E-state index >= 15 is 0 Å². The Labute approximate surface area is 102 Å². The number of rotatable bonds is 6. The highest BCUT2D eigenvalue weighted by atomic mass is 32.2. The predicted octanol–water partition coefficient (Wildman–Crippen LogP) is 2.38. The van der Waals surface area contributed by atoms with Gasteiger partial charge in [0.2, 0.25) is 11.7 Å². The van der Waals surface area contributed by atoms with E-state index < -0.39 is 10.8 Å². The Bertz CT molecular complexity index is 479. The van der Waals surface area contributed by atoms with E-state index in [9.17, 15) is 4.21 Å². The van der Waals surface area contributed by atoms with Crippen LogP contribution in [0.2, 0.25) is 0 Å². The van der Waals surface area contributed by atoms with Crippen molar-refractivity contribution >= 4 is 10.8 Å². The third-order valence-corrected chi connectivity index (χ3v) is 3.57. The largest absolute Gasteiger partial charge is 0.472 e. The van der Waals surface area contributed by atoms with Gasteiger partial charge in [-0.25, -0.2) is 0 Å². The van der Waals surface area contributed by atoms with Crippen LogP contribution >= 0.6 is 0 Å². The molecule has 92 valence electrons. The molecule has 0 N–H and O–H groups in total. The monoisotopic (exact) mass is 254 g/mol. The molecule has 17 heavy (non-hydrogen) atoms. The molecular formula is C11H14N2O3S. The number of aromatic nitrogens is 2. The normalized spacial score (nSPS) is 12.8. The molecule has 0 spiro atoms. The van der Waals surface area contributed by atoms with Gasteiger partial charge in [-0.15, -0.1) is 0 Å². The van der Waals surface area contributed by atoms with Gasteiger partial charge in [0, 0.05) is 16.6 Å². The van der Waals surface area contributed by atoms with Gasteiger partial charge in [0.25, 0.3) is 0 Å². The maximum atomic E-state index is 11.6. The molecular weight excluding hydrogens is 240 g/mol. The van der Waals surface area contributed by atoms with Gasteiger partial charge in [0.05, 0.1) is 11.8 Å². The molecule has 0 aliphatic heterocycles.